The van der Waals surface area contributed by atoms with E-state index < -0.39 is 14.6 Å². The van der Waals surface area contributed by atoms with E-state index in [1.807, 2.05) is 0 Å². The van der Waals surface area contributed by atoms with Crippen LogP contribution in [0.4, 0.5) is 0 Å². The molecular weight excluding hydrogens is 236 g/mol. The first-order valence-corrected chi connectivity index (χ1v) is 7.30. The molecule has 0 heterocycles. The molecule has 1 aliphatic rings. The second kappa shape index (κ2) is 4.26. The Morgan fingerprint density at radius 2 is 1.76 bits per heavy atom. The number of carbonyl (C=O) groups is 1. The molecule has 1 saturated carbocycles. The first kappa shape index (κ1) is 12.3. The molecular formula is C13H16O3S. The van der Waals surface area contributed by atoms with Gasteiger partial charge in [-0.1, -0.05) is 24.6 Å². The summed E-state index contributed by atoms with van der Waals surface area (Å²) in [6.07, 6.45) is 2.42. The highest BCUT2D eigenvalue weighted by Gasteiger charge is 2.47. The third-order valence-electron chi connectivity index (χ3n) is 3.54. The third kappa shape index (κ3) is 1.90. The molecule has 17 heavy (non-hydrogen) atoms. The van der Waals surface area contributed by atoms with Gasteiger partial charge in [0, 0.05) is 6.42 Å². The average molecular weight is 252 g/mol. The maximum atomic E-state index is 12.5. The van der Waals surface area contributed by atoms with E-state index in [1.54, 1.807) is 37.3 Å². The molecule has 0 aliphatic heterocycles. The molecule has 0 amide bonds. The highest BCUT2D eigenvalue weighted by molar-refractivity contribution is 7.93. The van der Waals surface area contributed by atoms with E-state index in [2.05, 4.69) is 0 Å². The van der Waals surface area contributed by atoms with Crippen LogP contribution in [0.3, 0.4) is 0 Å². The molecule has 1 aliphatic carbocycles. The standard InChI is InChI=1S/C13H16O3S/c1-13(10-6-5-9-12(13)14)17(15,16)11-7-3-2-4-8-11/h2-4,7-8H,5-6,9-10H2,1H3. The molecule has 1 fully saturated rings. The van der Waals surface area contributed by atoms with E-state index in [4.69, 9.17) is 0 Å². The van der Waals surface area contributed by atoms with Crippen LogP contribution in [0.2, 0.25) is 0 Å². The topological polar surface area (TPSA) is 51.2 Å². The molecule has 4 heteroatoms. The second-order valence-electron chi connectivity index (χ2n) is 4.68. The molecule has 1 unspecified atom stereocenters. The smallest absolute Gasteiger partial charge is 0.190 e. The molecule has 0 N–H and O–H groups in total. The number of hydrogen-bond acceptors (Lipinski definition) is 3. The molecule has 0 saturated heterocycles. The van der Waals surface area contributed by atoms with Gasteiger partial charge < -0.3 is 0 Å². The van der Waals surface area contributed by atoms with Gasteiger partial charge in [-0.25, -0.2) is 8.42 Å². The average Bonchev–Trinajstić information content (AvgIpc) is 2.34. The zero-order chi connectivity index (χ0) is 12.5. The zero-order valence-corrected chi connectivity index (χ0v) is 10.7. The highest BCUT2D eigenvalue weighted by atomic mass is 32.2. The maximum Gasteiger partial charge on any atom is 0.190 e. The van der Waals surface area contributed by atoms with Crippen LogP contribution in [0.15, 0.2) is 35.2 Å². The van der Waals surface area contributed by atoms with Crippen LogP contribution in [-0.2, 0) is 14.6 Å². The van der Waals surface area contributed by atoms with E-state index in [-0.39, 0.29) is 10.7 Å². The van der Waals surface area contributed by atoms with Gasteiger partial charge in [0.15, 0.2) is 15.6 Å². The summed E-state index contributed by atoms with van der Waals surface area (Å²) < 4.78 is 23.8. The van der Waals surface area contributed by atoms with Crippen molar-refractivity contribution in [3.63, 3.8) is 0 Å². The van der Waals surface area contributed by atoms with Gasteiger partial charge in [-0.3, -0.25) is 4.79 Å². The Morgan fingerprint density at radius 1 is 1.12 bits per heavy atom. The van der Waals surface area contributed by atoms with E-state index in [9.17, 15) is 13.2 Å². The van der Waals surface area contributed by atoms with E-state index in [1.165, 1.54) is 0 Å². The van der Waals surface area contributed by atoms with E-state index in [0.29, 0.717) is 12.8 Å². The predicted molar refractivity (Wildman–Crippen MR) is 65.5 cm³/mol. The van der Waals surface area contributed by atoms with Crippen molar-refractivity contribution in [1.82, 2.24) is 0 Å². The summed E-state index contributed by atoms with van der Waals surface area (Å²) in [5.74, 6) is -0.146. The summed E-state index contributed by atoms with van der Waals surface area (Å²) in [6.45, 7) is 1.57. The molecule has 3 nitrogen and oxygen atoms in total. The Morgan fingerprint density at radius 3 is 2.35 bits per heavy atom. The molecule has 0 aromatic heterocycles. The number of Topliss-reactive ketones (excluding diaryl/α,β-unsaturated/α-hetero) is 1. The van der Waals surface area contributed by atoms with Crippen molar-refractivity contribution in [2.75, 3.05) is 0 Å². The van der Waals surface area contributed by atoms with Crippen LogP contribution >= 0.6 is 0 Å². The number of sulfone groups is 1. The monoisotopic (exact) mass is 252 g/mol. The fourth-order valence-corrected chi connectivity index (χ4v) is 4.15. The molecule has 0 bridgehead atoms. The Kier molecular flexibility index (Phi) is 3.08. The SMILES string of the molecule is CC1(S(=O)(=O)c2ccccc2)CCCCC1=O. The number of rotatable bonds is 2. The Bertz CT molecular complexity index is 519. The minimum atomic E-state index is -3.56. The molecule has 1 aromatic carbocycles. The minimum Gasteiger partial charge on any atom is -0.298 e. The molecule has 92 valence electrons. The molecule has 0 spiro atoms. The number of ketones is 1. The van der Waals surface area contributed by atoms with Crippen molar-refractivity contribution in [2.24, 2.45) is 0 Å². The van der Waals surface area contributed by atoms with Gasteiger partial charge in [0.05, 0.1) is 4.90 Å². The first-order chi connectivity index (χ1) is 7.98. The maximum absolute atomic E-state index is 12.5. The molecule has 1 atom stereocenters. The van der Waals surface area contributed by atoms with Crippen LogP contribution in [-0.4, -0.2) is 18.9 Å². The van der Waals surface area contributed by atoms with E-state index in [0.717, 1.165) is 12.8 Å². The lowest BCUT2D eigenvalue weighted by Crippen LogP contribution is -2.45. The quantitative estimate of drug-likeness (QED) is 0.812. The summed E-state index contributed by atoms with van der Waals surface area (Å²) in [7, 11) is -3.56. The Hall–Kier alpha value is -1.16. The van der Waals surface area contributed by atoms with Crippen LogP contribution in [0.1, 0.15) is 32.6 Å². The van der Waals surface area contributed by atoms with E-state index >= 15 is 0 Å². The second-order valence-corrected chi connectivity index (χ2v) is 7.06. The molecule has 2 rings (SSSR count). The largest absolute Gasteiger partial charge is 0.298 e. The van der Waals surface area contributed by atoms with Gasteiger partial charge in [0.2, 0.25) is 0 Å². The van der Waals surface area contributed by atoms with Crippen molar-refractivity contribution in [2.45, 2.75) is 42.2 Å². The summed E-state index contributed by atoms with van der Waals surface area (Å²) in [4.78, 5) is 12.2. The minimum absolute atomic E-state index is 0.146. The third-order valence-corrected chi connectivity index (χ3v) is 6.05. The summed E-state index contributed by atoms with van der Waals surface area (Å²) in [5.41, 5.74) is 0. The van der Waals surface area contributed by atoms with Gasteiger partial charge in [0.1, 0.15) is 4.75 Å². The summed E-state index contributed by atoms with van der Waals surface area (Å²) >= 11 is 0. The van der Waals surface area contributed by atoms with Crippen LogP contribution < -0.4 is 0 Å². The van der Waals surface area contributed by atoms with Gasteiger partial charge in [-0.05, 0) is 31.9 Å². The van der Waals surface area contributed by atoms with Crippen LogP contribution in [0, 0.1) is 0 Å². The van der Waals surface area contributed by atoms with Gasteiger partial charge >= 0.3 is 0 Å². The lowest BCUT2D eigenvalue weighted by molar-refractivity contribution is -0.122. The first-order valence-electron chi connectivity index (χ1n) is 5.81. The van der Waals surface area contributed by atoms with Crippen molar-refractivity contribution < 1.29 is 13.2 Å². The number of hydrogen-bond donors (Lipinski definition) is 0. The van der Waals surface area contributed by atoms with Gasteiger partial charge in [-0.2, -0.15) is 0 Å². The van der Waals surface area contributed by atoms with Crippen molar-refractivity contribution in [3.05, 3.63) is 30.3 Å². The zero-order valence-electron chi connectivity index (χ0n) is 9.85. The fraction of sp³-hybridized carbons (Fsp3) is 0.462. The number of benzene rings is 1. The summed E-state index contributed by atoms with van der Waals surface area (Å²) in [6, 6.07) is 8.25. The highest BCUT2D eigenvalue weighted by Crippen LogP contribution is 2.35. The fourth-order valence-electron chi connectivity index (χ4n) is 2.30. The molecule has 1 aromatic rings. The van der Waals surface area contributed by atoms with Gasteiger partial charge in [0.25, 0.3) is 0 Å². The summed E-state index contributed by atoms with van der Waals surface area (Å²) in [5, 5.41) is 0. The van der Waals surface area contributed by atoms with Crippen molar-refractivity contribution in [1.29, 1.82) is 0 Å². The Labute approximate surface area is 102 Å². The Balaban J connectivity index is 2.49. The van der Waals surface area contributed by atoms with Crippen LogP contribution in [0.5, 0.6) is 0 Å². The number of carbonyl (C=O) groups excluding carboxylic acids is 1. The lowest BCUT2D eigenvalue weighted by Gasteiger charge is -2.31. The normalized spacial score (nSPS) is 25.8. The van der Waals surface area contributed by atoms with Crippen molar-refractivity contribution >= 4 is 15.6 Å². The predicted octanol–water partition coefficient (Wildman–Crippen LogP) is 2.36. The van der Waals surface area contributed by atoms with Crippen molar-refractivity contribution in [3.8, 4) is 0 Å². The lowest BCUT2D eigenvalue weighted by atomic mass is 9.89. The van der Waals surface area contributed by atoms with Crippen LogP contribution in [0.25, 0.3) is 0 Å². The molecule has 0 radical (unpaired) electrons. The van der Waals surface area contributed by atoms with Gasteiger partial charge in [-0.15, -0.1) is 0 Å².